The predicted octanol–water partition coefficient (Wildman–Crippen LogP) is 3.98. The Bertz CT molecular complexity index is 237. The van der Waals surface area contributed by atoms with Crippen LogP contribution in [0.15, 0.2) is 0 Å². The molecule has 0 radical (unpaired) electrons. The summed E-state index contributed by atoms with van der Waals surface area (Å²) in [5.74, 6) is 1.05. The minimum Gasteiger partial charge on any atom is -0.367 e. The first-order valence-corrected chi connectivity index (χ1v) is 7.16. The van der Waals surface area contributed by atoms with Crippen LogP contribution in [0, 0.1) is 11.8 Å². The van der Waals surface area contributed by atoms with Crippen LogP contribution in [0.1, 0.15) is 66.2 Å². The van der Waals surface area contributed by atoms with Crippen molar-refractivity contribution in [2.75, 3.05) is 6.61 Å². The molecule has 1 aliphatic carbocycles. The largest absolute Gasteiger partial charge is 0.367 e. The molecule has 1 rings (SSSR count). The van der Waals surface area contributed by atoms with Crippen LogP contribution in [-0.4, -0.2) is 18.0 Å². The number of Topliss-reactive ketones (excluding diaryl/α,β-unsaturated/α-hetero) is 1. The van der Waals surface area contributed by atoms with Gasteiger partial charge in [0.1, 0.15) is 5.60 Å². The molecule has 0 saturated heterocycles. The Morgan fingerprint density at radius 2 is 1.71 bits per heavy atom. The Labute approximate surface area is 106 Å². The summed E-state index contributed by atoms with van der Waals surface area (Å²) in [5.41, 5.74) is -0.443. The minimum absolute atomic E-state index is 0.0900. The van der Waals surface area contributed by atoms with Crippen LogP contribution in [0.2, 0.25) is 0 Å². The third kappa shape index (κ3) is 4.09. The van der Waals surface area contributed by atoms with Crippen LogP contribution in [0.3, 0.4) is 0 Å². The zero-order valence-corrected chi connectivity index (χ0v) is 11.9. The quantitative estimate of drug-likeness (QED) is 0.702. The Morgan fingerprint density at radius 1 is 1.12 bits per heavy atom. The van der Waals surface area contributed by atoms with Crippen LogP contribution in [0.4, 0.5) is 0 Å². The molecule has 0 amide bonds. The van der Waals surface area contributed by atoms with Crippen LogP contribution >= 0.6 is 0 Å². The fourth-order valence-electron chi connectivity index (χ4n) is 2.60. The minimum atomic E-state index is -0.443. The van der Waals surface area contributed by atoms with Crippen LogP contribution in [0.5, 0.6) is 0 Å². The van der Waals surface area contributed by atoms with Crippen molar-refractivity contribution in [1.82, 2.24) is 0 Å². The summed E-state index contributed by atoms with van der Waals surface area (Å²) in [6.45, 7) is 9.10. The first kappa shape index (κ1) is 14.7. The molecule has 0 aromatic heterocycles. The zero-order chi connectivity index (χ0) is 12.9. The maximum Gasteiger partial charge on any atom is 0.167 e. The Morgan fingerprint density at radius 3 is 2.18 bits per heavy atom. The van der Waals surface area contributed by atoms with E-state index in [-0.39, 0.29) is 5.92 Å². The van der Waals surface area contributed by atoms with Gasteiger partial charge in [-0.2, -0.15) is 0 Å². The summed E-state index contributed by atoms with van der Waals surface area (Å²) in [7, 11) is 0. The second kappa shape index (κ2) is 6.53. The smallest absolute Gasteiger partial charge is 0.167 e. The molecule has 0 aromatic carbocycles. The number of hydrogen-bond acceptors (Lipinski definition) is 2. The molecule has 1 saturated carbocycles. The van der Waals surface area contributed by atoms with Gasteiger partial charge < -0.3 is 4.74 Å². The van der Waals surface area contributed by atoms with E-state index in [1.54, 1.807) is 0 Å². The van der Waals surface area contributed by atoms with E-state index in [1.807, 2.05) is 13.8 Å². The van der Waals surface area contributed by atoms with Gasteiger partial charge in [0.2, 0.25) is 0 Å². The number of carbonyl (C=O) groups is 1. The van der Waals surface area contributed by atoms with Crippen molar-refractivity contribution in [3.8, 4) is 0 Å². The van der Waals surface area contributed by atoms with Crippen LogP contribution in [-0.2, 0) is 9.53 Å². The molecule has 0 bridgehead atoms. The van der Waals surface area contributed by atoms with Crippen molar-refractivity contribution in [2.45, 2.75) is 71.8 Å². The van der Waals surface area contributed by atoms with Crippen molar-refractivity contribution >= 4 is 5.78 Å². The molecule has 100 valence electrons. The lowest BCUT2D eigenvalue weighted by atomic mass is 9.78. The first-order valence-electron chi connectivity index (χ1n) is 7.16. The predicted molar refractivity (Wildman–Crippen MR) is 71.1 cm³/mol. The third-order valence-corrected chi connectivity index (χ3v) is 3.71. The monoisotopic (exact) mass is 240 g/mol. The third-order valence-electron chi connectivity index (χ3n) is 3.71. The summed E-state index contributed by atoms with van der Waals surface area (Å²) < 4.78 is 6.05. The molecule has 0 unspecified atom stereocenters. The van der Waals surface area contributed by atoms with Gasteiger partial charge in [0, 0.05) is 12.5 Å². The molecule has 0 spiro atoms. The number of hydrogen-bond donors (Lipinski definition) is 0. The Hall–Kier alpha value is -0.370. The van der Waals surface area contributed by atoms with Crippen LogP contribution in [0.25, 0.3) is 0 Å². The summed E-state index contributed by atoms with van der Waals surface area (Å²) in [4.78, 5) is 12.4. The molecular weight excluding hydrogens is 212 g/mol. The van der Waals surface area contributed by atoms with Gasteiger partial charge in [0.25, 0.3) is 0 Å². The lowest BCUT2D eigenvalue weighted by molar-refractivity contribution is -0.153. The van der Waals surface area contributed by atoms with E-state index < -0.39 is 5.60 Å². The SMILES string of the molecule is CC(C)CCOC1(C(=O)C(C)C)CCCCC1. The summed E-state index contributed by atoms with van der Waals surface area (Å²) >= 11 is 0. The van der Waals surface area contributed by atoms with Crippen molar-refractivity contribution in [2.24, 2.45) is 11.8 Å². The lowest BCUT2D eigenvalue weighted by Crippen LogP contribution is -2.46. The fourth-order valence-corrected chi connectivity index (χ4v) is 2.60. The first-order chi connectivity index (χ1) is 7.98. The Kier molecular flexibility index (Phi) is 5.64. The highest BCUT2D eigenvalue weighted by Crippen LogP contribution is 2.34. The molecule has 2 nitrogen and oxygen atoms in total. The molecule has 0 N–H and O–H groups in total. The van der Waals surface area contributed by atoms with Gasteiger partial charge in [-0.15, -0.1) is 0 Å². The molecule has 1 fully saturated rings. The van der Waals surface area contributed by atoms with Gasteiger partial charge >= 0.3 is 0 Å². The fraction of sp³-hybridized carbons (Fsp3) is 0.933. The van der Waals surface area contributed by atoms with Crippen molar-refractivity contribution in [3.05, 3.63) is 0 Å². The van der Waals surface area contributed by atoms with Gasteiger partial charge in [0.05, 0.1) is 0 Å². The molecule has 2 heteroatoms. The number of carbonyl (C=O) groups excluding carboxylic acids is 1. The highest BCUT2D eigenvalue weighted by molar-refractivity contribution is 5.89. The van der Waals surface area contributed by atoms with Gasteiger partial charge in [-0.25, -0.2) is 0 Å². The van der Waals surface area contributed by atoms with Gasteiger partial charge in [0.15, 0.2) is 5.78 Å². The van der Waals surface area contributed by atoms with E-state index in [4.69, 9.17) is 4.74 Å². The van der Waals surface area contributed by atoms with Gasteiger partial charge in [-0.3, -0.25) is 4.79 Å². The molecule has 0 atom stereocenters. The summed E-state index contributed by atoms with van der Waals surface area (Å²) in [6.07, 6.45) is 6.44. The molecular formula is C15H28O2. The van der Waals surface area contributed by atoms with E-state index in [1.165, 1.54) is 6.42 Å². The van der Waals surface area contributed by atoms with Crippen molar-refractivity contribution in [1.29, 1.82) is 0 Å². The maximum atomic E-state index is 12.4. The second-order valence-corrected chi connectivity index (χ2v) is 6.10. The van der Waals surface area contributed by atoms with E-state index in [0.717, 1.165) is 38.7 Å². The van der Waals surface area contributed by atoms with E-state index in [2.05, 4.69) is 13.8 Å². The lowest BCUT2D eigenvalue weighted by Gasteiger charge is -2.37. The van der Waals surface area contributed by atoms with Crippen LogP contribution < -0.4 is 0 Å². The molecule has 0 aromatic rings. The summed E-state index contributed by atoms with van der Waals surface area (Å²) in [5, 5.41) is 0. The van der Waals surface area contributed by atoms with Crippen molar-refractivity contribution in [3.63, 3.8) is 0 Å². The average molecular weight is 240 g/mol. The second-order valence-electron chi connectivity index (χ2n) is 6.10. The van der Waals surface area contributed by atoms with Gasteiger partial charge in [-0.05, 0) is 25.2 Å². The number of rotatable bonds is 6. The molecule has 1 aliphatic rings. The van der Waals surface area contributed by atoms with E-state index >= 15 is 0 Å². The molecule has 17 heavy (non-hydrogen) atoms. The number of ether oxygens (including phenoxy) is 1. The Balaban J connectivity index is 2.61. The molecule has 0 heterocycles. The van der Waals surface area contributed by atoms with E-state index in [9.17, 15) is 4.79 Å². The molecule has 0 aliphatic heterocycles. The number of ketones is 1. The maximum absolute atomic E-state index is 12.4. The average Bonchev–Trinajstić information content (AvgIpc) is 2.28. The van der Waals surface area contributed by atoms with E-state index in [0.29, 0.717) is 11.7 Å². The topological polar surface area (TPSA) is 26.3 Å². The highest BCUT2D eigenvalue weighted by atomic mass is 16.5. The van der Waals surface area contributed by atoms with Gasteiger partial charge in [-0.1, -0.05) is 47.0 Å². The van der Waals surface area contributed by atoms with Crippen molar-refractivity contribution < 1.29 is 9.53 Å². The standard InChI is InChI=1S/C15H28O2/c1-12(2)8-11-17-15(14(16)13(3)4)9-6-5-7-10-15/h12-13H,5-11H2,1-4H3. The zero-order valence-electron chi connectivity index (χ0n) is 11.9. The summed E-state index contributed by atoms with van der Waals surface area (Å²) in [6, 6.07) is 0. The normalized spacial score (nSPS) is 19.9. The highest BCUT2D eigenvalue weighted by Gasteiger charge is 2.41.